The number of aliphatic imine (C=N–C) groups is 1. The SMILES string of the molecule is CCOCCCNC(=NCc1ccc(OC)cc1)NCCCn1c(C)nc2ccccc21.I. The number of benzene rings is 2. The van der Waals surface area contributed by atoms with Gasteiger partial charge in [-0.2, -0.15) is 0 Å². The molecule has 0 unspecified atom stereocenters. The fourth-order valence-corrected chi connectivity index (χ4v) is 3.52. The van der Waals surface area contributed by atoms with E-state index >= 15 is 0 Å². The van der Waals surface area contributed by atoms with Crippen LogP contribution in [0.15, 0.2) is 53.5 Å². The van der Waals surface area contributed by atoms with Gasteiger partial charge < -0.3 is 24.7 Å². The summed E-state index contributed by atoms with van der Waals surface area (Å²) in [5.74, 6) is 2.73. The molecule has 3 aromatic rings. The van der Waals surface area contributed by atoms with Crippen LogP contribution < -0.4 is 15.4 Å². The van der Waals surface area contributed by atoms with Crippen LogP contribution in [0, 0.1) is 6.92 Å². The van der Waals surface area contributed by atoms with Gasteiger partial charge in [0.2, 0.25) is 0 Å². The van der Waals surface area contributed by atoms with Gasteiger partial charge in [0, 0.05) is 32.8 Å². The van der Waals surface area contributed by atoms with Crippen LogP contribution in [0.1, 0.15) is 31.2 Å². The first-order valence-corrected chi connectivity index (χ1v) is 11.4. The molecule has 8 heteroatoms. The largest absolute Gasteiger partial charge is 0.497 e. The molecular weight excluding hydrogens is 529 g/mol. The summed E-state index contributed by atoms with van der Waals surface area (Å²) >= 11 is 0. The predicted molar refractivity (Wildman–Crippen MR) is 146 cm³/mol. The van der Waals surface area contributed by atoms with Crippen LogP contribution in [-0.4, -0.2) is 48.9 Å². The van der Waals surface area contributed by atoms with Gasteiger partial charge in [0.15, 0.2) is 5.96 Å². The summed E-state index contributed by atoms with van der Waals surface area (Å²) < 4.78 is 12.9. The predicted octanol–water partition coefficient (Wildman–Crippen LogP) is 4.52. The number of imidazole rings is 1. The average molecular weight is 566 g/mol. The van der Waals surface area contributed by atoms with E-state index in [4.69, 9.17) is 14.5 Å². The highest BCUT2D eigenvalue weighted by molar-refractivity contribution is 14.0. The molecule has 0 atom stereocenters. The topological polar surface area (TPSA) is 72.7 Å². The molecule has 0 saturated heterocycles. The number of aryl methyl sites for hydroxylation is 2. The number of ether oxygens (including phenoxy) is 2. The monoisotopic (exact) mass is 565 g/mol. The Morgan fingerprint density at radius 1 is 1.03 bits per heavy atom. The highest BCUT2D eigenvalue weighted by Crippen LogP contribution is 2.15. The standard InChI is InChI=1S/C25H35N5O2.HI/c1-4-32-18-8-16-27-25(28-19-21-11-13-22(31-3)14-12-21)26-15-7-17-30-20(2)29-23-9-5-6-10-24(23)30;/h5-6,9-14H,4,7-8,15-19H2,1-3H3,(H2,26,27,28);1H. The molecule has 0 aliphatic heterocycles. The summed E-state index contributed by atoms with van der Waals surface area (Å²) in [4.78, 5) is 9.42. The third kappa shape index (κ3) is 8.51. The van der Waals surface area contributed by atoms with Gasteiger partial charge in [-0.05, 0) is 56.5 Å². The van der Waals surface area contributed by atoms with Crippen LogP contribution in [0.5, 0.6) is 5.75 Å². The lowest BCUT2D eigenvalue weighted by molar-refractivity contribution is 0.145. The number of halogens is 1. The van der Waals surface area contributed by atoms with Crippen molar-refractivity contribution in [2.45, 2.75) is 39.8 Å². The van der Waals surface area contributed by atoms with Gasteiger partial charge in [-0.15, -0.1) is 24.0 Å². The molecule has 1 aromatic heterocycles. The molecule has 2 N–H and O–H groups in total. The maximum atomic E-state index is 5.43. The number of methoxy groups -OCH3 is 1. The number of guanidine groups is 1. The van der Waals surface area contributed by atoms with Crippen molar-refractivity contribution < 1.29 is 9.47 Å². The zero-order valence-electron chi connectivity index (χ0n) is 19.8. The summed E-state index contributed by atoms with van der Waals surface area (Å²) in [6.45, 7) is 8.75. The van der Waals surface area contributed by atoms with E-state index in [0.29, 0.717) is 6.54 Å². The highest BCUT2D eigenvalue weighted by atomic mass is 127. The summed E-state index contributed by atoms with van der Waals surface area (Å²) in [5, 5.41) is 6.89. The zero-order chi connectivity index (χ0) is 22.6. The van der Waals surface area contributed by atoms with Gasteiger partial charge >= 0.3 is 0 Å². The van der Waals surface area contributed by atoms with Gasteiger partial charge in [-0.3, -0.25) is 0 Å². The highest BCUT2D eigenvalue weighted by Gasteiger charge is 2.06. The van der Waals surface area contributed by atoms with E-state index in [1.807, 2.05) is 37.3 Å². The molecule has 1 heterocycles. The van der Waals surface area contributed by atoms with Crippen molar-refractivity contribution in [1.29, 1.82) is 0 Å². The van der Waals surface area contributed by atoms with Crippen molar-refractivity contribution in [3.63, 3.8) is 0 Å². The van der Waals surface area contributed by atoms with Crippen molar-refractivity contribution in [3.05, 3.63) is 59.9 Å². The molecule has 0 saturated carbocycles. The third-order valence-corrected chi connectivity index (χ3v) is 5.24. The van der Waals surface area contributed by atoms with E-state index < -0.39 is 0 Å². The van der Waals surface area contributed by atoms with Gasteiger partial charge in [0.25, 0.3) is 0 Å². The Morgan fingerprint density at radius 2 is 1.76 bits per heavy atom. The van der Waals surface area contributed by atoms with Gasteiger partial charge in [0.05, 0.1) is 24.7 Å². The Kier molecular flexibility index (Phi) is 12.0. The first kappa shape index (κ1) is 26.9. The third-order valence-electron chi connectivity index (χ3n) is 5.24. The lowest BCUT2D eigenvalue weighted by Crippen LogP contribution is -2.39. The molecular formula is C25H36IN5O2. The Morgan fingerprint density at radius 3 is 2.48 bits per heavy atom. The summed E-state index contributed by atoms with van der Waals surface area (Å²) in [7, 11) is 1.68. The smallest absolute Gasteiger partial charge is 0.191 e. The lowest BCUT2D eigenvalue weighted by atomic mass is 10.2. The molecule has 33 heavy (non-hydrogen) atoms. The number of para-hydroxylation sites is 2. The van der Waals surface area contributed by atoms with E-state index in [2.05, 4.69) is 45.3 Å². The van der Waals surface area contributed by atoms with E-state index in [1.165, 1.54) is 5.52 Å². The molecule has 0 spiro atoms. The van der Waals surface area contributed by atoms with Crippen molar-refractivity contribution in [1.82, 2.24) is 20.2 Å². The second-order valence-corrected chi connectivity index (χ2v) is 7.57. The van der Waals surface area contributed by atoms with Gasteiger partial charge in [0.1, 0.15) is 11.6 Å². The van der Waals surface area contributed by atoms with Crippen molar-refractivity contribution in [2.24, 2.45) is 4.99 Å². The zero-order valence-corrected chi connectivity index (χ0v) is 22.2. The van der Waals surface area contributed by atoms with Crippen molar-refractivity contribution in [3.8, 4) is 5.75 Å². The molecule has 3 rings (SSSR count). The number of nitrogens with one attached hydrogen (secondary N) is 2. The molecule has 0 bridgehead atoms. The Balaban J connectivity index is 0.00000385. The second-order valence-electron chi connectivity index (χ2n) is 7.57. The Labute approximate surface area is 214 Å². The maximum Gasteiger partial charge on any atom is 0.191 e. The van der Waals surface area contributed by atoms with Crippen LogP contribution in [0.4, 0.5) is 0 Å². The van der Waals surface area contributed by atoms with Gasteiger partial charge in [-0.25, -0.2) is 9.98 Å². The summed E-state index contributed by atoms with van der Waals surface area (Å²) in [6.07, 6.45) is 1.92. The first-order chi connectivity index (χ1) is 15.7. The molecule has 0 radical (unpaired) electrons. The Hall–Kier alpha value is -2.33. The average Bonchev–Trinajstić information content (AvgIpc) is 3.14. The molecule has 0 aliphatic rings. The van der Waals surface area contributed by atoms with Gasteiger partial charge in [-0.1, -0.05) is 24.3 Å². The number of rotatable bonds is 12. The first-order valence-electron chi connectivity index (χ1n) is 11.4. The van der Waals surface area contributed by atoms with Crippen LogP contribution in [-0.2, 0) is 17.8 Å². The molecule has 0 aliphatic carbocycles. The summed E-state index contributed by atoms with van der Waals surface area (Å²) in [5.41, 5.74) is 3.38. The lowest BCUT2D eigenvalue weighted by Gasteiger charge is -2.14. The number of hydrogen-bond donors (Lipinski definition) is 2. The van der Waals surface area contributed by atoms with Crippen LogP contribution in [0.2, 0.25) is 0 Å². The Bertz CT molecular complexity index is 988. The number of hydrogen-bond acceptors (Lipinski definition) is 4. The molecule has 0 fully saturated rings. The maximum absolute atomic E-state index is 5.43. The molecule has 180 valence electrons. The quantitative estimate of drug-likeness (QED) is 0.146. The molecule has 2 aromatic carbocycles. The molecule has 0 amide bonds. The van der Waals surface area contributed by atoms with E-state index in [0.717, 1.165) is 74.3 Å². The minimum atomic E-state index is 0. The van der Waals surface area contributed by atoms with E-state index in [1.54, 1.807) is 7.11 Å². The number of fused-ring (bicyclic) bond motifs is 1. The minimum absolute atomic E-state index is 0. The van der Waals surface area contributed by atoms with E-state index in [9.17, 15) is 0 Å². The van der Waals surface area contributed by atoms with Crippen LogP contribution >= 0.6 is 24.0 Å². The second kappa shape index (κ2) is 14.7. The van der Waals surface area contributed by atoms with E-state index in [-0.39, 0.29) is 24.0 Å². The number of aromatic nitrogens is 2. The number of nitrogens with zero attached hydrogens (tertiary/aromatic N) is 3. The van der Waals surface area contributed by atoms with Crippen molar-refractivity contribution in [2.75, 3.05) is 33.4 Å². The fourth-order valence-electron chi connectivity index (χ4n) is 3.52. The molecule has 7 nitrogen and oxygen atoms in total. The minimum Gasteiger partial charge on any atom is -0.497 e. The van der Waals surface area contributed by atoms with Crippen molar-refractivity contribution >= 4 is 41.0 Å². The fraction of sp³-hybridized carbons (Fsp3) is 0.440. The normalized spacial score (nSPS) is 11.3. The van der Waals surface area contributed by atoms with Crippen LogP contribution in [0.3, 0.4) is 0 Å². The van der Waals surface area contributed by atoms with Crippen LogP contribution in [0.25, 0.3) is 11.0 Å². The summed E-state index contributed by atoms with van der Waals surface area (Å²) in [6, 6.07) is 16.3.